The fourth-order valence-corrected chi connectivity index (χ4v) is 13.9. The first-order chi connectivity index (χ1) is 45.2. The van der Waals surface area contributed by atoms with Gasteiger partial charge in [0.25, 0.3) is 0 Å². The number of benzene rings is 15. The quantitative estimate of drug-likeness (QED) is 0.101. The molecule has 15 aromatic carbocycles. The Morgan fingerprint density at radius 2 is 0.637 bits per heavy atom. The molecule has 0 aromatic heterocycles. The minimum atomic E-state index is 0.963. The van der Waals surface area contributed by atoms with Crippen molar-refractivity contribution in [3.05, 3.63) is 364 Å². The number of hydrogen-bond acceptors (Lipinski definition) is 3. The minimum absolute atomic E-state index is 0.963. The van der Waals surface area contributed by atoms with Crippen LogP contribution in [-0.2, 0) is 0 Å². The molecule has 0 spiro atoms. The molecular formula is C88H63N3. The van der Waals surface area contributed by atoms with Crippen LogP contribution < -0.4 is 14.7 Å². The van der Waals surface area contributed by atoms with Crippen LogP contribution in [0.1, 0.15) is 12.8 Å². The molecular weight excluding hydrogens is 1100 g/mol. The molecule has 91 heavy (non-hydrogen) atoms. The van der Waals surface area contributed by atoms with E-state index in [2.05, 4.69) is 373 Å². The van der Waals surface area contributed by atoms with Crippen molar-refractivity contribution in [3.63, 3.8) is 0 Å². The molecule has 0 fully saturated rings. The third-order valence-electron chi connectivity index (χ3n) is 18.0. The highest BCUT2D eigenvalue weighted by atomic mass is 15.2. The normalized spacial score (nSPS) is 12.1. The van der Waals surface area contributed by atoms with Gasteiger partial charge in [0.1, 0.15) is 0 Å². The van der Waals surface area contributed by atoms with Crippen LogP contribution in [-0.4, -0.2) is 0 Å². The van der Waals surface area contributed by atoms with Gasteiger partial charge in [-0.25, -0.2) is 0 Å². The first-order valence-corrected chi connectivity index (χ1v) is 31.5. The van der Waals surface area contributed by atoms with Gasteiger partial charge in [0.2, 0.25) is 0 Å². The van der Waals surface area contributed by atoms with Crippen LogP contribution in [0.25, 0.3) is 98.7 Å². The predicted octanol–water partition coefficient (Wildman–Crippen LogP) is 24.9. The van der Waals surface area contributed by atoms with E-state index in [0.717, 1.165) is 80.5 Å². The number of rotatable bonds is 14. The molecule has 3 heteroatoms. The molecule has 0 saturated heterocycles. The summed E-state index contributed by atoms with van der Waals surface area (Å²) >= 11 is 0. The molecule has 0 N–H and O–H groups in total. The highest BCUT2D eigenvalue weighted by Gasteiger charge is 2.25. The van der Waals surface area contributed by atoms with Crippen LogP contribution >= 0.6 is 0 Å². The van der Waals surface area contributed by atoms with E-state index < -0.39 is 0 Å². The number of anilines is 8. The molecule has 0 aliphatic heterocycles. The molecule has 430 valence electrons. The van der Waals surface area contributed by atoms with Gasteiger partial charge < -0.3 is 14.7 Å². The van der Waals surface area contributed by atoms with E-state index in [4.69, 9.17) is 0 Å². The zero-order valence-electron chi connectivity index (χ0n) is 50.3. The highest BCUT2D eigenvalue weighted by molar-refractivity contribution is 6.34. The predicted molar refractivity (Wildman–Crippen MR) is 388 cm³/mol. The monoisotopic (exact) mass is 1160 g/mol. The lowest BCUT2D eigenvalue weighted by Crippen LogP contribution is -2.17. The topological polar surface area (TPSA) is 9.72 Å². The van der Waals surface area contributed by atoms with Crippen molar-refractivity contribution in [1.29, 1.82) is 0 Å². The lowest BCUT2D eigenvalue weighted by atomic mass is 9.80. The molecule has 0 radical (unpaired) electrons. The smallest absolute Gasteiger partial charge is 0.0537 e. The largest absolute Gasteiger partial charge is 0.314 e. The molecule has 0 amide bonds. The van der Waals surface area contributed by atoms with Crippen LogP contribution in [0.15, 0.2) is 364 Å². The lowest BCUT2D eigenvalue weighted by Gasteiger charge is -2.30. The van der Waals surface area contributed by atoms with Gasteiger partial charge in [-0.1, -0.05) is 243 Å². The standard InChI is InChI=1S/C88H63N3/c1-9-27-62(28-10-1)66-49-55-79-83(59-66)84-60-67(76-57-58-85(78-44-26-25-43-77(76)78)91(72-39-21-7-22-40-72)73-41-23-8-24-42-73)50-56-80(84)88-86(65-47-53-75(54-48-65)90(70-35-17-5-18-36-70)71-37-19-6-20-38-71)81(63-29-11-2-12-30-63)61-82(87(79)88)64-45-51-74(52-46-64)89(68-31-13-3-14-32-68)69-33-15-4-16-34-69/h1-23,25-41,43-61H,24,42H2. The molecule has 0 atom stereocenters. The first kappa shape index (κ1) is 54.6. The molecule has 16 rings (SSSR count). The molecule has 1 aliphatic rings. The van der Waals surface area contributed by atoms with E-state index in [9.17, 15) is 0 Å². The van der Waals surface area contributed by atoms with Crippen LogP contribution in [0, 0.1) is 0 Å². The van der Waals surface area contributed by atoms with Crippen molar-refractivity contribution in [1.82, 2.24) is 0 Å². The number of hydrogen-bond donors (Lipinski definition) is 0. The highest BCUT2D eigenvalue weighted by Crippen LogP contribution is 2.52. The van der Waals surface area contributed by atoms with Crippen molar-refractivity contribution < 1.29 is 0 Å². The summed E-state index contributed by atoms with van der Waals surface area (Å²) in [4.78, 5) is 7.15. The summed E-state index contributed by atoms with van der Waals surface area (Å²) in [5.41, 5.74) is 21.8. The number of nitrogens with zero attached hydrogens (tertiary/aromatic N) is 3. The Morgan fingerprint density at radius 3 is 1.15 bits per heavy atom. The summed E-state index contributed by atoms with van der Waals surface area (Å²) in [7, 11) is 0. The van der Waals surface area contributed by atoms with Crippen molar-refractivity contribution >= 4 is 88.6 Å². The second-order valence-electron chi connectivity index (χ2n) is 23.4. The zero-order chi connectivity index (χ0) is 60.5. The molecule has 15 aromatic rings. The van der Waals surface area contributed by atoms with Gasteiger partial charge in [-0.05, 0) is 221 Å². The van der Waals surface area contributed by atoms with E-state index in [1.807, 2.05) is 0 Å². The minimum Gasteiger partial charge on any atom is -0.314 e. The third-order valence-corrected chi connectivity index (χ3v) is 18.0. The van der Waals surface area contributed by atoms with E-state index in [1.165, 1.54) is 82.3 Å². The van der Waals surface area contributed by atoms with Crippen molar-refractivity contribution in [2.45, 2.75) is 12.8 Å². The second-order valence-corrected chi connectivity index (χ2v) is 23.4. The van der Waals surface area contributed by atoms with E-state index >= 15 is 0 Å². The van der Waals surface area contributed by atoms with Crippen molar-refractivity contribution in [2.24, 2.45) is 0 Å². The Kier molecular flexibility index (Phi) is 14.4. The Labute approximate surface area is 532 Å². The van der Waals surface area contributed by atoms with Crippen molar-refractivity contribution in [3.8, 4) is 55.6 Å². The van der Waals surface area contributed by atoms with Gasteiger partial charge in [0.05, 0.1) is 5.69 Å². The maximum atomic E-state index is 2.49. The summed E-state index contributed by atoms with van der Waals surface area (Å²) in [6, 6.07) is 125. The number of para-hydroxylation sites is 5. The molecule has 0 saturated carbocycles. The van der Waals surface area contributed by atoms with E-state index in [1.54, 1.807) is 0 Å². The average molecular weight is 1160 g/mol. The summed E-state index contributed by atoms with van der Waals surface area (Å²) in [6.45, 7) is 0. The van der Waals surface area contributed by atoms with Gasteiger partial charge in [0.15, 0.2) is 0 Å². The van der Waals surface area contributed by atoms with Gasteiger partial charge in [-0.3, -0.25) is 0 Å². The van der Waals surface area contributed by atoms with Gasteiger partial charge in [-0.2, -0.15) is 0 Å². The van der Waals surface area contributed by atoms with Gasteiger partial charge in [0, 0.05) is 50.9 Å². The average Bonchev–Trinajstić information content (AvgIpc) is 0.732. The third kappa shape index (κ3) is 10.3. The Bertz CT molecular complexity index is 5090. The van der Waals surface area contributed by atoms with E-state index in [-0.39, 0.29) is 0 Å². The SMILES string of the molecule is C1=CCCC(N(c2ccccc2)c2ccc(-c3ccc4c(c3)c3cc(-c5ccccc5)ccc3c3c(-c5ccc(N(c6ccccc6)c6ccccc6)cc5)cc(-c5ccccc5)c(-c5ccc(N(c6ccccc6)c6ccccc6)cc5)c43)c3ccccc23)=C1. The maximum absolute atomic E-state index is 2.49. The summed E-state index contributed by atoms with van der Waals surface area (Å²) in [6.07, 6.45) is 8.72. The molecule has 0 unspecified atom stereocenters. The summed E-state index contributed by atoms with van der Waals surface area (Å²) in [5, 5.41) is 9.61. The second kappa shape index (κ2) is 24.1. The van der Waals surface area contributed by atoms with Crippen molar-refractivity contribution in [2.75, 3.05) is 14.7 Å². The Hall–Kier alpha value is -11.8. The number of allylic oxidation sites excluding steroid dienone is 4. The number of fused-ring (bicyclic) bond motifs is 7. The fourth-order valence-electron chi connectivity index (χ4n) is 13.9. The lowest BCUT2D eigenvalue weighted by molar-refractivity contribution is 0.919. The Morgan fingerprint density at radius 1 is 0.231 bits per heavy atom. The van der Waals surface area contributed by atoms with E-state index in [0.29, 0.717) is 0 Å². The maximum Gasteiger partial charge on any atom is 0.0537 e. The Balaban J connectivity index is 0.979. The first-order valence-electron chi connectivity index (χ1n) is 31.5. The zero-order valence-corrected chi connectivity index (χ0v) is 50.3. The van der Waals surface area contributed by atoms with Crippen LogP contribution in [0.5, 0.6) is 0 Å². The van der Waals surface area contributed by atoms with Gasteiger partial charge in [-0.15, -0.1) is 0 Å². The summed E-state index contributed by atoms with van der Waals surface area (Å²) in [5.74, 6) is 0. The van der Waals surface area contributed by atoms with Crippen LogP contribution in [0.4, 0.5) is 45.5 Å². The molecule has 1 aliphatic carbocycles. The molecule has 0 bridgehead atoms. The van der Waals surface area contributed by atoms with Crippen LogP contribution in [0.3, 0.4) is 0 Å². The fraction of sp³-hybridized carbons (Fsp3) is 0.0227. The van der Waals surface area contributed by atoms with Crippen LogP contribution in [0.2, 0.25) is 0 Å². The van der Waals surface area contributed by atoms with Gasteiger partial charge >= 0.3 is 0 Å². The summed E-state index contributed by atoms with van der Waals surface area (Å²) < 4.78 is 0. The molecule has 0 heterocycles. The molecule has 3 nitrogen and oxygen atoms in total.